The van der Waals surface area contributed by atoms with Crippen LogP contribution in [0.15, 0.2) is 48.5 Å². The van der Waals surface area contributed by atoms with Crippen LogP contribution in [0.3, 0.4) is 0 Å². The third-order valence-corrected chi connectivity index (χ3v) is 3.65. The standard InChI is InChI=1S/C20H26N2O2/c1-16-7-4-8-17(13-16)15-24-19-10-5-9-18(14-19)20(23)21-11-6-12-22(2)3/h4-5,7-10,13-14H,6,11-12,15H2,1-3H3,(H,21,23). The van der Waals surface area contributed by atoms with E-state index < -0.39 is 0 Å². The van der Waals surface area contributed by atoms with E-state index in [-0.39, 0.29) is 5.91 Å². The number of ether oxygens (including phenoxy) is 1. The number of benzene rings is 2. The Balaban J connectivity index is 1.87. The first-order chi connectivity index (χ1) is 11.5. The molecule has 2 rings (SSSR count). The van der Waals surface area contributed by atoms with Gasteiger partial charge in [0, 0.05) is 12.1 Å². The lowest BCUT2D eigenvalue weighted by atomic mass is 10.1. The summed E-state index contributed by atoms with van der Waals surface area (Å²) in [6.07, 6.45) is 0.933. The first-order valence-corrected chi connectivity index (χ1v) is 8.26. The van der Waals surface area contributed by atoms with E-state index in [4.69, 9.17) is 4.74 Å². The van der Waals surface area contributed by atoms with Gasteiger partial charge in [0.25, 0.3) is 5.91 Å². The average Bonchev–Trinajstić information content (AvgIpc) is 2.57. The van der Waals surface area contributed by atoms with Crippen molar-refractivity contribution < 1.29 is 9.53 Å². The summed E-state index contributed by atoms with van der Waals surface area (Å²) in [5.74, 6) is 0.646. The van der Waals surface area contributed by atoms with Crippen LogP contribution in [0.1, 0.15) is 27.9 Å². The molecule has 0 atom stereocenters. The molecule has 0 aliphatic heterocycles. The summed E-state index contributed by atoms with van der Waals surface area (Å²) in [5.41, 5.74) is 2.96. The molecule has 0 saturated heterocycles. The van der Waals surface area contributed by atoms with Crippen molar-refractivity contribution in [3.05, 3.63) is 65.2 Å². The molecular weight excluding hydrogens is 300 g/mol. The number of amides is 1. The Kier molecular flexibility index (Phi) is 6.82. The molecule has 1 N–H and O–H groups in total. The number of nitrogens with one attached hydrogen (secondary N) is 1. The second-order valence-corrected chi connectivity index (χ2v) is 6.22. The van der Waals surface area contributed by atoms with Gasteiger partial charge in [0.05, 0.1) is 0 Å². The highest BCUT2D eigenvalue weighted by molar-refractivity contribution is 5.94. The number of aryl methyl sites for hydroxylation is 1. The molecule has 0 fully saturated rings. The van der Waals surface area contributed by atoms with Crippen LogP contribution in [-0.2, 0) is 6.61 Å². The molecule has 1 amide bonds. The summed E-state index contributed by atoms with van der Waals surface area (Å²) in [7, 11) is 4.05. The molecule has 128 valence electrons. The molecule has 0 bridgehead atoms. The van der Waals surface area contributed by atoms with Crippen LogP contribution in [-0.4, -0.2) is 38.0 Å². The lowest BCUT2D eigenvalue weighted by Gasteiger charge is -2.11. The van der Waals surface area contributed by atoms with Crippen LogP contribution >= 0.6 is 0 Å². The fourth-order valence-corrected chi connectivity index (χ4v) is 2.39. The lowest BCUT2D eigenvalue weighted by Crippen LogP contribution is -2.27. The van der Waals surface area contributed by atoms with Crippen LogP contribution in [0.25, 0.3) is 0 Å². The van der Waals surface area contributed by atoms with Crippen molar-refractivity contribution in [1.82, 2.24) is 10.2 Å². The van der Waals surface area contributed by atoms with E-state index in [1.54, 1.807) is 12.1 Å². The van der Waals surface area contributed by atoms with Crippen molar-refractivity contribution in [2.24, 2.45) is 0 Å². The highest BCUT2D eigenvalue weighted by Crippen LogP contribution is 2.15. The highest BCUT2D eigenvalue weighted by Gasteiger charge is 2.06. The molecule has 0 unspecified atom stereocenters. The number of hydrogen-bond acceptors (Lipinski definition) is 3. The Morgan fingerprint density at radius 3 is 2.67 bits per heavy atom. The molecular formula is C20H26N2O2. The van der Waals surface area contributed by atoms with E-state index in [1.165, 1.54) is 5.56 Å². The van der Waals surface area contributed by atoms with E-state index >= 15 is 0 Å². The summed E-state index contributed by atoms with van der Waals surface area (Å²) in [6.45, 7) is 4.19. The Bertz CT molecular complexity index is 668. The lowest BCUT2D eigenvalue weighted by molar-refractivity contribution is 0.0952. The SMILES string of the molecule is Cc1cccc(COc2cccc(C(=O)NCCCN(C)C)c2)c1. The van der Waals surface area contributed by atoms with Gasteiger partial charge in [0.2, 0.25) is 0 Å². The summed E-state index contributed by atoms with van der Waals surface area (Å²) in [4.78, 5) is 14.3. The maximum atomic E-state index is 12.2. The molecule has 0 spiro atoms. The average molecular weight is 326 g/mol. The number of carbonyl (C=O) groups excluding carboxylic acids is 1. The molecule has 2 aromatic rings. The quantitative estimate of drug-likeness (QED) is 0.757. The minimum atomic E-state index is -0.0604. The maximum absolute atomic E-state index is 12.2. The number of hydrogen-bond donors (Lipinski definition) is 1. The van der Waals surface area contributed by atoms with E-state index in [2.05, 4.69) is 29.3 Å². The monoisotopic (exact) mass is 326 g/mol. The zero-order chi connectivity index (χ0) is 17.4. The van der Waals surface area contributed by atoms with Crippen molar-refractivity contribution in [2.45, 2.75) is 20.0 Å². The largest absolute Gasteiger partial charge is 0.489 e. The van der Waals surface area contributed by atoms with Crippen molar-refractivity contribution in [2.75, 3.05) is 27.2 Å². The Hall–Kier alpha value is -2.33. The summed E-state index contributed by atoms with van der Waals surface area (Å²) >= 11 is 0. The van der Waals surface area contributed by atoms with E-state index in [0.29, 0.717) is 24.5 Å². The second kappa shape index (κ2) is 9.08. The van der Waals surface area contributed by atoms with Gasteiger partial charge in [-0.2, -0.15) is 0 Å². The third kappa shape index (κ3) is 6.05. The Labute approximate surface area is 144 Å². The fourth-order valence-electron chi connectivity index (χ4n) is 2.39. The van der Waals surface area contributed by atoms with E-state index in [9.17, 15) is 4.79 Å². The van der Waals surface area contributed by atoms with Gasteiger partial charge in [-0.25, -0.2) is 0 Å². The first kappa shape index (κ1) is 18.0. The molecule has 0 aliphatic carbocycles. The van der Waals surface area contributed by atoms with Gasteiger partial charge in [-0.1, -0.05) is 35.9 Å². The van der Waals surface area contributed by atoms with E-state index in [1.807, 2.05) is 38.4 Å². The van der Waals surface area contributed by atoms with Crippen LogP contribution in [0.4, 0.5) is 0 Å². The van der Waals surface area contributed by atoms with Crippen molar-refractivity contribution in [1.29, 1.82) is 0 Å². The molecule has 0 aromatic heterocycles. The number of carbonyl (C=O) groups is 1. The van der Waals surface area contributed by atoms with Gasteiger partial charge in [-0.15, -0.1) is 0 Å². The van der Waals surface area contributed by atoms with Crippen LogP contribution < -0.4 is 10.1 Å². The molecule has 0 radical (unpaired) electrons. The highest BCUT2D eigenvalue weighted by atomic mass is 16.5. The van der Waals surface area contributed by atoms with Crippen LogP contribution in [0.5, 0.6) is 5.75 Å². The molecule has 2 aromatic carbocycles. The molecule has 4 nitrogen and oxygen atoms in total. The van der Waals surface area contributed by atoms with Crippen molar-refractivity contribution in [3.63, 3.8) is 0 Å². The second-order valence-electron chi connectivity index (χ2n) is 6.22. The molecule has 24 heavy (non-hydrogen) atoms. The van der Waals surface area contributed by atoms with Crippen molar-refractivity contribution >= 4 is 5.91 Å². The number of nitrogens with zero attached hydrogens (tertiary/aromatic N) is 1. The van der Waals surface area contributed by atoms with Gasteiger partial charge in [0.1, 0.15) is 12.4 Å². The van der Waals surface area contributed by atoms with Crippen molar-refractivity contribution in [3.8, 4) is 5.75 Å². The topological polar surface area (TPSA) is 41.6 Å². The zero-order valence-electron chi connectivity index (χ0n) is 14.7. The number of rotatable bonds is 8. The molecule has 0 aliphatic rings. The molecule has 0 saturated carbocycles. The minimum absolute atomic E-state index is 0.0604. The van der Waals surface area contributed by atoms with Gasteiger partial charge in [-0.3, -0.25) is 4.79 Å². The summed E-state index contributed by atoms with van der Waals surface area (Å²) < 4.78 is 5.81. The van der Waals surface area contributed by atoms with Gasteiger partial charge < -0.3 is 15.0 Å². The summed E-state index contributed by atoms with van der Waals surface area (Å²) in [5, 5.41) is 2.94. The fraction of sp³-hybridized carbons (Fsp3) is 0.350. The third-order valence-electron chi connectivity index (χ3n) is 3.65. The predicted molar refractivity (Wildman–Crippen MR) is 97.5 cm³/mol. The smallest absolute Gasteiger partial charge is 0.251 e. The minimum Gasteiger partial charge on any atom is -0.489 e. The Morgan fingerprint density at radius 2 is 1.92 bits per heavy atom. The van der Waals surface area contributed by atoms with Crippen LogP contribution in [0.2, 0.25) is 0 Å². The van der Waals surface area contributed by atoms with Gasteiger partial charge in [0.15, 0.2) is 0 Å². The Morgan fingerprint density at radius 1 is 1.12 bits per heavy atom. The van der Waals surface area contributed by atoms with Gasteiger partial charge >= 0.3 is 0 Å². The summed E-state index contributed by atoms with van der Waals surface area (Å²) in [6, 6.07) is 15.5. The van der Waals surface area contributed by atoms with Crippen LogP contribution in [0, 0.1) is 6.92 Å². The maximum Gasteiger partial charge on any atom is 0.251 e. The van der Waals surface area contributed by atoms with Gasteiger partial charge in [-0.05, 0) is 57.7 Å². The molecule has 4 heteroatoms. The normalized spacial score (nSPS) is 10.7. The predicted octanol–water partition coefficient (Wildman–Crippen LogP) is 3.26. The molecule has 0 heterocycles. The van der Waals surface area contributed by atoms with E-state index in [0.717, 1.165) is 18.5 Å². The first-order valence-electron chi connectivity index (χ1n) is 8.26. The zero-order valence-corrected chi connectivity index (χ0v) is 14.7.